The van der Waals surface area contributed by atoms with Crippen molar-refractivity contribution in [1.82, 2.24) is 9.88 Å². The number of aromatic nitrogens is 1. The van der Waals surface area contributed by atoms with E-state index in [9.17, 15) is 4.79 Å². The molecule has 1 fully saturated rings. The number of nitrogens with zero attached hydrogens (tertiary/aromatic N) is 3. The molecular weight excluding hydrogens is 312 g/mol. The van der Waals surface area contributed by atoms with Gasteiger partial charge in [-0.15, -0.1) is 0 Å². The highest BCUT2D eigenvalue weighted by atomic mass is 16.1. The van der Waals surface area contributed by atoms with Crippen LogP contribution < -0.4 is 10.2 Å². The summed E-state index contributed by atoms with van der Waals surface area (Å²) in [5, 5.41) is 3.01. The van der Waals surface area contributed by atoms with Gasteiger partial charge >= 0.3 is 0 Å². The van der Waals surface area contributed by atoms with Crippen molar-refractivity contribution in [2.24, 2.45) is 0 Å². The quantitative estimate of drug-likeness (QED) is 0.911. The van der Waals surface area contributed by atoms with E-state index in [0.717, 1.165) is 44.2 Å². The molecule has 1 aliphatic rings. The van der Waals surface area contributed by atoms with E-state index in [2.05, 4.69) is 26.2 Å². The fraction of sp³-hybridized carbons (Fsp3) is 0.400. The number of aryl methyl sites for hydroxylation is 2. The number of benzene rings is 1. The first kappa shape index (κ1) is 17.4. The Hall–Kier alpha value is -2.40. The highest BCUT2D eigenvalue weighted by molar-refractivity contribution is 5.91. The van der Waals surface area contributed by atoms with E-state index in [1.54, 1.807) is 0 Å². The molecule has 1 aliphatic heterocycles. The second-order valence-corrected chi connectivity index (χ2v) is 6.69. The Morgan fingerprint density at radius 2 is 1.80 bits per heavy atom. The minimum absolute atomic E-state index is 0.0807. The zero-order valence-electron chi connectivity index (χ0n) is 15.0. The highest BCUT2D eigenvalue weighted by Crippen LogP contribution is 2.15. The summed E-state index contributed by atoms with van der Waals surface area (Å²) >= 11 is 0. The number of hydrogen-bond donors (Lipinski definition) is 1. The predicted octanol–water partition coefficient (Wildman–Crippen LogP) is 2.85. The van der Waals surface area contributed by atoms with Crippen molar-refractivity contribution in [3.63, 3.8) is 0 Å². The molecule has 0 spiro atoms. The molecule has 2 heterocycles. The first-order valence-corrected chi connectivity index (χ1v) is 8.86. The molecule has 2 aromatic rings. The lowest BCUT2D eigenvalue weighted by Crippen LogP contribution is -2.47. The maximum Gasteiger partial charge on any atom is 0.225 e. The van der Waals surface area contributed by atoms with Crippen molar-refractivity contribution < 1.29 is 4.79 Å². The van der Waals surface area contributed by atoms with Crippen LogP contribution in [0.2, 0.25) is 0 Å². The number of piperazine rings is 1. The van der Waals surface area contributed by atoms with E-state index in [0.29, 0.717) is 6.42 Å². The molecule has 132 valence electrons. The fourth-order valence-corrected chi connectivity index (χ4v) is 3.27. The third-order valence-corrected chi connectivity index (χ3v) is 4.51. The van der Waals surface area contributed by atoms with Crippen LogP contribution in [0, 0.1) is 13.8 Å². The monoisotopic (exact) mass is 338 g/mol. The number of hydrogen-bond acceptors (Lipinski definition) is 4. The van der Waals surface area contributed by atoms with Gasteiger partial charge in [-0.3, -0.25) is 9.69 Å². The third kappa shape index (κ3) is 5.03. The summed E-state index contributed by atoms with van der Waals surface area (Å²) in [6.07, 6.45) is 2.36. The normalized spacial score (nSPS) is 15.2. The molecule has 3 rings (SSSR count). The fourth-order valence-electron chi connectivity index (χ4n) is 3.27. The lowest BCUT2D eigenvalue weighted by Gasteiger charge is -2.35. The van der Waals surface area contributed by atoms with Gasteiger partial charge in [0.2, 0.25) is 5.91 Å². The van der Waals surface area contributed by atoms with Crippen LogP contribution in [-0.2, 0) is 4.79 Å². The second kappa shape index (κ2) is 8.12. The summed E-state index contributed by atoms with van der Waals surface area (Å²) in [6, 6.07) is 12.1. The van der Waals surface area contributed by atoms with Gasteiger partial charge < -0.3 is 10.2 Å². The van der Waals surface area contributed by atoms with Crippen LogP contribution in [0.3, 0.4) is 0 Å². The molecular formula is C20H26N4O. The molecule has 0 aliphatic carbocycles. The molecule has 1 aromatic heterocycles. The van der Waals surface area contributed by atoms with Crippen LogP contribution in [0.25, 0.3) is 0 Å². The summed E-state index contributed by atoms with van der Waals surface area (Å²) in [4.78, 5) is 21.3. The Morgan fingerprint density at radius 3 is 2.44 bits per heavy atom. The molecule has 5 nitrogen and oxygen atoms in total. The Labute approximate surface area is 149 Å². The summed E-state index contributed by atoms with van der Waals surface area (Å²) < 4.78 is 0. The summed E-state index contributed by atoms with van der Waals surface area (Å²) in [7, 11) is 0. The Kier molecular flexibility index (Phi) is 5.66. The minimum Gasteiger partial charge on any atom is -0.354 e. The van der Waals surface area contributed by atoms with Gasteiger partial charge in [0, 0.05) is 51.0 Å². The van der Waals surface area contributed by atoms with Gasteiger partial charge in [-0.1, -0.05) is 12.1 Å². The van der Waals surface area contributed by atoms with E-state index in [1.807, 2.05) is 50.4 Å². The maximum absolute atomic E-state index is 12.2. The standard InChI is InChI=1S/C20H26N4O/c1-16-13-17(2)15-18(14-16)22-20(25)6-8-23-9-11-24(12-10-23)19-5-3-4-7-21-19/h3-5,7,13-15H,6,8-12H2,1-2H3,(H,22,25). The molecule has 1 saturated heterocycles. The lowest BCUT2D eigenvalue weighted by molar-refractivity contribution is -0.116. The van der Waals surface area contributed by atoms with Crippen molar-refractivity contribution in [3.8, 4) is 0 Å². The van der Waals surface area contributed by atoms with Gasteiger partial charge in [0.1, 0.15) is 5.82 Å². The largest absolute Gasteiger partial charge is 0.354 e. The maximum atomic E-state index is 12.2. The zero-order chi connectivity index (χ0) is 17.6. The van der Waals surface area contributed by atoms with Crippen LogP contribution in [0.4, 0.5) is 11.5 Å². The first-order valence-electron chi connectivity index (χ1n) is 8.86. The van der Waals surface area contributed by atoms with Gasteiger partial charge in [-0.05, 0) is 49.2 Å². The molecule has 5 heteroatoms. The molecule has 1 N–H and O–H groups in total. The van der Waals surface area contributed by atoms with E-state index < -0.39 is 0 Å². The van der Waals surface area contributed by atoms with Gasteiger partial charge in [-0.25, -0.2) is 4.98 Å². The number of nitrogens with one attached hydrogen (secondary N) is 1. The van der Waals surface area contributed by atoms with Crippen molar-refractivity contribution in [3.05, 3.63) is 53.7 Å². The highest BCUT2D eigenvalue weighted by Gasteiger charge is 2.18. The van der Waals surface area contributed by atoms with Crippen LogP contribution in [0.1, 0.15) is 17.5 Å². The molecule has 1 aromatic carbocycles. The molecule has 0 atom stereocenters. The van der Waals surface area contributed by atoms with Crippen LogP contribution >= 0.6 is 0 Å². The summed E-state index contributed by atoms with van der Waals surface area (Å²) in [5.74, 6) is 1.12. The molecule has 25 heavy (non-hydrogen) atoms. The average molecular weight is 338 g/mol. The number of carbonyl (C=O) groups is 1. The smallest absolute Gasteiger partial charge is 0.225 e. The van der Waals surface area contributed by atoms with Crippen molar-refractivity contribution in [2.45, 2.75) is 20.3 Å². The summed E-state index contributed by atoms with van der Waals surface area (Å²) in [6.45, 7) is 8.73. The Balaban J connectivity index is 1.43. The van der Waals surface area contributed by atoms with E-state index in [4.69, 9.17) is 0 Å². The molecule has 0 saturated carbocycles. The third-order valence-electron chi connectivity index (χ3n) is 4.51. The van der Waals surface area contributed by atoms with Crippen LogP contribution in [-0.4, -0.2) is 48.5 Å². The zero-order valence-corrected chi connectivity index (χ0v) is 15.0. The first-order chi connectivity index (χ1) is 12.1. The minimum atomic E-state index is 0.0807. The van der Waals surface area contributed by atoms with Gasteiger partial charge in [0.05, 0.1) is 0 Å². The van der Waals surface area contributed by atoms with Crippen LogP contribution in [0.15, 0.2) is 42.6 Å². The van der Waals surface area contributed by atoms with Crippen molar-refractivity contribution in [1.29, 1.82) is 0 Å². The SMILES string of the molecule is Cc1cc(C)cc(NC(=O)CCN2CCN(c3ccccn3)CC2)c1. The number of pyridine rings is 1. The average Bonchev–Trinajstić information content (AvgIpc) is 2.60. The Morgan fingerprint density at radius 1 is 1.08 bits per heavy atom. The number of amides is 1. The molecule has 1 amide bonds. The topological polar surface area (TPSA) is 48.5 Å². The molecule has 0 bridgehead atoms. The number of anilines is 2. The van der Waals surface area contributed by atoms with E-state index in [-0.39, 0.29) is 5.91 Å². The van der Waals surface area contributed by atoms with Crippen molar-refractivity contribution >= 4 is 17.4 Å². The molecule has 0 unspecified atom stereocenters. The Bertz CT molecular complexity index is 689. The van der Waals surface area contributed by atoms with Crippen molar-refractivity contribution in [2.75, 3.05) is 42.9 Å². The van der Waals surface area contributed by atoms with Gasteiger partial charge in [0.15, 0.2) is 0 Å². The molecule has 0 radical (unpaired) electrons. The van der Waals surface area contributed by atoms with E-state index in [1.165, 1.54) is 11.1 Å². The number of rotatable bonds is 5. The van der Waals surface area contributed by atoms with E-state index >= 15 is 0 Å². The lowest BCUT2D eigenvalue weighted by atomic mass is 10.1. The van der Waals surface area contributed by atoms with Gasteiger partial charge in [-0.2, -0.15) is 0 Å². The van der Waals surface area contributed by atoms with Gasteiger partial charge in [0.25, 0.3) is 0 Å². The number of carbonyl (C=O) groups excluding carboxylic acids is 1. The second-order valence-electron chi connectivity index (χ2n) is 6.69. The summed E-state index contributed by atoms with van der Waals surface area (Å²) in [5.41, 5.74) is 3.23. The predicted molar refractivity (Wildman–Crippen MR) is 102 cm³/mol. The van der Waals surface area contributed by atoms with Crippen LogP contribution in [0.5, 0.6) is 0 Å².